The number of benzene rings is 1. The van der Waals surface area contributed by atoms with Gasteiger partial charge in [-0.1, -0.05) is 6.07 Å². The highest BCUT2D eigenvalue weighted by atomic mass is 32.1. The zero-order valence-corrected chi connectivity index (χ0v) is 16.6. The lowest BCUT2D eigenvalue weighted by molar-refractivity contribution is -0.0906. The molecule has 0 radical (unpaired) electrons. The van der Waals surface area contributed by atoms with Crippen LogP contribution in [-0.2, 0) is 16.8 Å². The smallest absolute Gasteiger partial charge is 0.345 e. The lowest BCUT2D eigenvalue weighted by Crippen LogP contribution is -2.48. The Balaban J connectivity index is 1.37. The van der Waals surface area contributed by atoms with Gasteiger partial charge in [-0.3, -0.25) is 4.79 Å². The number of carboxylic acid groups (broad SMARTS) is 1. The van der Waals surface area contributed by atoms with Gasteiger partial charge in [0.05, 0.1) is 12.2 Å². The molecule has 1 spiro atoms. The largest absolute Gasteiger partial charge is 0.486 e. The average Bonchev–Trinajstić information content (AvgIpc) is 3.20. The van der Waals surface area contributed by atoms with Gasteiger partial charge in [0.1, 0.15) is 23.7 Å². The predicted molar refractivity (Wildman–Crippen MR) is 105 cm³/mol. The highest BCUT2D eigenvalue weighted by Gasteiger charge is 2.44. The van der Waals surface area contributed by atoms with E-state index in [0.717, 1.165) is 16.9 Å². The Bertz CT molecular complexity index is 976. The van der Waals surface area contributed by atoms with Crippen molar-refractivity contribution in [3.63, 3.8) is 0 Å². The van der Waals surface area contributed by atoms with Crippen LogP contribution in [0.15, 0.2) is 24.3 Å². The highest BCUT2D eigenvalue weighted by molar-refractivity contribution is 7.14. The van der Waals surface area contributed by atoms with Crippen molar-refractivity contribution in [2.75, 3.05) is 32.9 Å². The van der Waals surface area contributed by atoms with Gasteiger partial charge in [0.2, 0.25) is 0 Å². The van der Waals surface area contributed by atoms with Crippen molar-refractivity contribution in [2.24, 2.45) is 0 Å². The Kier molecular flexibility index (Phi) is 4.48. The Hall–Kier alpha value is -2.58. The minimum Gasteiger partial charge on any atom is -0.486 e. The molecule has 2 aromatic rings. The minimum absolute atomic E-state index is 0.0735. The van der Waals surface area contributed by atoms with Gasteiger partial charge in [-0.25, -0.2) is 4.79 Å². The fourth-order valence-corrected chi connectivity index (χ4v) is 5.63. The number of carbonyl (C=O) groups is 2. The van der Waals surface area contributed by atoms with E-state index in [-0.39, 0.29) is 5.91 Å². The monoisotopic (exact) mass is 415 g/mol. The Morgan fingerprint density at radius 2 is 1.90 bits per heavy atom. The SMILES string of the molecule is O=C(O)c1cc2c(s1)C1(CCN(C(=O)c3cccc4c3OCCO4)CC1)OCC2. The van der Waals surface area contributed by atoms with Gasteiger partial charge in [-0.05, 0) is 43.0 Å². The molecule has 3 aliphatic rings. The van der Waals surface area contributed by atoms with Gasteiger partial charge < -0.3 is 24.2 Å². The molecule has 0 aliphatic carbocycles. The number of likely N-dealkylation sites (tertiary alicyclic amines) is 1. The molecule has 7 nitrogen and oxygen atoms in total. The van der Waals surface area contributed by atoms with Crippen molar-refractivity contribution in [3.05, 3.63) is 45.1 Å². The first-order valence-electron chi connectivity index (χ1n) is 9.76. The number of rotatable bonds is 2. The molecule has 3 aliphatic heterocycles. The zero-order valence-electron chi connectivity index (χ0n) is 15.8. The van der Waals surface area contributed by atoms with Crippen LogP contribution in [0.4, 0.5) is 0 Å². The number of aromatic carboxylic acids is 1. The predicted octanol–water partition coefficient (Wildman–Crippen LogP) is 2.92. The van der Waals surface area contributed by atoms with Gasteiger partial charge in [0, 0.05) is 18.0 Å². The summed E-state index contributed by atoms with van der Waals surface area (Å²) < 4.78 is 17.5. The number of carboxylic acids is 1. The summed E-state index contributed by atoms with van der Waals surface area (Å²) in [5, 5.41) is 9.35. The van der Waals surface area contributed by atoms with Crippen LogP contribution in [0, 0.1) is 0 Å². The van der Waals surface area contributed by atoms with Crippen LogP contribution in [0.2, 0.25) is 0 Å². The number of fused-ring (bicyclic) bond motifs is 3. The molecule has 1 N–H and O–H groups in total. The lowest BCUT2D eigenvalue weighted by Gasteiger charge is -2.43. The molecule has 4 heterocycles. The Labute approximate surface area is 171 Å². The Morgan fingerprint density at radius 3 is 2.69 bits per heavy atom. The van der Waals surface area contributed by atoms with Crippen molar-refractivity contribution in [3.8, 4) is 11.5 Å². The first-order chi connectivity index (χ1) is 14.1. The van der Waals surface area contributed by atoms with Gasteiger partial charge >= 0.3 is 5.97 Å². The van der Waals surface area contributed by atoms with E-state index < -0.39 is 11.6 Å². The van der Waals surface area contributed by atoms with Gasteiger partial charge in [-0.2, -0.15) is 0 Å². The molecule has 152 valence electrons. The number of nitrogens with zero attached hydrogens (tertiary/aromatic N) is 1. The molecule has 0 bridgehead atoms. The molecule has 8 heteroatoms. The molecule has 5 rings (SSSR count). The number of thiophene rings is 1. The Morgan fingerprint density at radius 1 is 1.10 bits per heavy atom. The lowest BCUT2D eigenvalue weighted by atomic mass is 9.85. The summed E-state index contributed by atoms with van der Waals surface area (Å²) in [5.74, 6) is 0.152. The maximum atomic E-state index is 13.2. The van der Waals surface area contributed by atoms with Crippen LogP contribution in [0.3, 0.4) is 0 Å². The summed E-state index contributed by atoms with van der Waals surface area (Å²) in [4.78, 5) is 27.7. The fourth-order valence-electron chi connectivity index (χ4n) is 4.38. The summed E-state index contributed by atoms with van der Waals surface area (Å²) in [6, 6.07) is 7.16. The maximum Gasteiger partial charge on any atom is 0.345 e. The first kappa shape index (κ1) is 18.4. The summed E-state index contributed by atoms with van der Waals surface area (Å²) >= 11 is 1.31. The van der Waals surface area contributed by atoms with E-state index in [1.54, 1.807) is 12.1 Å². The number of amides is 1. The number of para-hydroxylation sites is 1. The molecular formula is C21H21NO6S. The van der Waals surface area contributed by atoms with Crippen LogP contribution in [0.5, 0.6) is 11.5 Å². The number of piperidine rings is 1. The molecule has 1 aromatic heterocycles. The fraction of sp³-hybridized carbons (Fsp3) is 0.429. The normalized spacial score (nSPS) is 19.7. The number of hydrogen-bond acceptors (Lipinski definition) is 6. The van der Waals surface area contributed by atoms with E-state index >= 15 is 0 Å². The molecule has 0 saturated carbocycles. The van der Waals surface area contributed by atoms with Crippen molar-refractivity contribution in [2.45, 2.75) is 24.9 Å². The molecular weight excluding hydrogens is 394 g/mol. The summed E-state index contributed by atoms with van der Waals surface area (Å²) in [7, 11) is 0. The van der Waals surface area contributed by atoms with Gasteiger partial charge in [0.25, 0.3) is 5.91 Å². The molecule has 1 amide bonds. The van der Waals surface area contributed by atoms with Crippen molar-refractivity contribution < 1.29 is 28.9 Å². The summed E-state index contributed by atoms with van der Waals surface area (Å²) in [6.07, 6.45) is 2.03. The topological polar surface area (TPSA) is 85.3 Å². The van der Waals surface area contributed by atoms with E-state index in [1.807, 2.05) is 17.0 Å². The number of ether oxygens (including phenoxy) is 3. The van der Waals surface area contributed by atoms with Crippen LogP contribution >= 0.6 is 11.3 Å². The van der Waals surface area contributed by atoms with Crippen molar-refractivity contribution in [1.29, 1.82) is 0 Å². The van der Waals surface area contributed by atoms with E-state index in [0.29, 0.717) is 67.7 Å². The summed E-state index contributed by atoms with van der Waals surface area (Å²) in [5.41, 5.74) is 1.10. The van der Waals surface area contributed by atoms with Crippen LogP contribution in [-0.4, -0.2) is 54.8 Å². The first-order valence-corrected chi connectivity index (χ1v) is 10.6. The maximum absolute atomic E-state index is 13.2. The van der Waals surface area contributed by atoms with Crippen molar-refractivity contribution in [1.82, 2.24) is 4.90 Å². The van der Waals surface area contributed by atoms with E-state index in [9.17, 15) is 14.7 Å². The van der Waals surface area contributed by atoms with Crippen molar-refractivity contribution >= 4 is 23.2 Å². The number of carbonyl (C=O) groups excluding carboxylic acids is 1. The van der Waals surface area contributed by atoms with E-state index in [4.69, 9.17) is 14.2 Å². The minimum atomic E-state index is -0.900. The molecule has 1 saturated heterocycles. The number of hydrogen-bond donors (Lipinski definition) is 1. The zero-order chi connectivity index (χ0) is 20.0. The third-order valence-corrected chi connectivity index (χ3v) is 7.19. The average molecular weight is 415 g/mol. The van der Waals surface area contributed by atoms with Gasteiger partial charge in [-0.15, -0.1) is 11.3 Å². The second kappa shape index (κ2) is 7.03. The second-order valence-electron chi connectivity index (χ2n) is 7.48. The highest BCUT2D eigenvalue weighted by Crippen LogP contribution is 2.46. The third-order valence-electron chi connectivity index (χ3n) is 5.84. The standard InChI is InChI=1S/C21H21NO6S/c23-19(14-2-1-3-15-17(14)27-11-10-26-15)22-7-5-21(6-8-22)18-13(4-9-28-21)12-16(29-18)20(24)25/h1-3,12H,4-11H2,(H,24,25). The quantitative estimate of drug-likeness (QED) is 0.812. The van der Waals surface area contributed by atoms with Gasteiger partial charge in [0.15, 0.2) is 11.5 Å². The molecule has 1 aromatic carbocycles. The molecule has 0 unspecified atom stereocenters. The molecule has 1 fully saturated rings. The van der Waals surface area contributed by atoms with E-state index in [2.05, 4.69) is 0 Å². The molecule has 0 atom stereocenters. The van der Waals surface area contributed by atoms with E-state index in [1.165, 1.54) is 11.3 Å². The summed E-state index contributed by atoms with van der Waals surface area (Å²) in [6.45, 7) is 2.58. The third kappa shape index (κ3) is 3.07. The molecule has 29 heavy (non-hydrogen) atoms. The van der Waals surface area contributed by atoms with Crippen LogP contribution in [0.1, 0.15) is 43.3 Å². The van der Waals surface area contributed by atoms with Crippen LogP contribution < -0.4 is 9.47 Å². The second-order valence-corrected chi connectivity index (χ2v) is 8.54. The van der Waals surface area contributed by atoms with Crippen LogP contribution in [0.25, 0.3) is 0 Å².